The monoisotopic (exact) mass is 560 g/mol. The second-order valence-electron chi connectivity index (χ2n) is 10.8. The Balaban J connectivity index is 3.05. The number of carbonyl (C=O) groups excluding carboxylic acids is 5. The molecule has 0 radical (unpaired) electrons. The molecule has 1 saturated heterocycles. The molecule has 0 aromatic carbocycles. The number of rotatable bonds is 11. The van der Waals surface area contributed by atoms with Crippen LogP contribution in [-0.4, -0.2) is 76.9 Å². The van der Waals surface area contributed by atoms with Crippen LogP contribution < -0.4 is 10.6 Å². The lowest BCUT2D eigenvalue weighted by atomic mass is 9.89. The van der Waals surface area contributed by atoms with E-state index in [4.69, 9.17) is 18.9 Å². The summed E-state index contributed by atoms with van der Waals surface area (Å²) in [6, 6.07) is -1.85. The molecule has 7 atom stereocenters. The summed E-state index contributed by atoms with van der Waals surface area (Å²) in [6.07, 6.45) is -2.03. The second-order valence-corrected chi connectivity index (χ2v) is 12.0. The minimum absolute atomic E-state index is 0.0956. The van der Waals surface area contributed by atoms with E-state index >= 15 is 0 Å². The predicted octanol–water partition coefficient (Wildman–Crippen LogP) is 2.98. The molecule has 1 heterocycles. The Morgan fingerprint density at radius 1 is 0.947 bits per heavy atom. The number of alkyl carbamates (subject to hydrolysis) is 1. The van der Waals surface area contributed by atoms with Crippen LogP contribution in [0.2, 0.25) is 0 Å². The summed E-state index contributed by atoms with van der Waals surface area (Å²) in [4.78, 5) is 61.5. The topological polar surface area (TPSA) is 146 Å². The number of nitrogens with one attached hydrogen (secondary N) is 2. The fraction of sp³-hybridized carbons (Fsp3) is 0.808. The first-order valence-corrected chi connectivity index (χ1v) is 13.9. The molecule has 2 N–H and O–H groups in total. The van der Waals surface area contributed by atoms with Crippen LogP contribution in [0.3, 0.4) is 0 Å². The first-order chi connectivity index (χ1) is 17.5. The van der Waals surface area contributed by atoms with Crippen molar-refractivity contribution in [2.24, 2.45) is 11.8 Å². The van der Waals surface area contributed by atoms with Gasteiger partial charge in [-0.2, -0.15) is 0 Å². The Morgan fingerprint density at radius 3 is 1.95 bits per heavy atom. The van der Waals surface area contributed by atoms with E-state index in [1.807, 2.05) is 13.8 Å². The molecule has 1 fully saturated rings. The van der Waals surface area contributed by atoms with E-state index in [0.29, 0.717) is 6.42 Å². The first-order valence-electron chi connectivity index (χ1n) is 12.9. The third kappa shape index (κ3) is 10.8. The van der Waals surface area contributed by atoms with Crippen LogP contribution in [0.4, 0.5) is 4.79 Å². The molecule has 1 aliphatic rings. The van der Waals surface area contributed by atoms with Gasteiger partial charge in [-0.1, -0.05) is 27.7 Å². The number of hydrogen-bond donors (Lipinski definition) is 2. The number of carbonyl (C=O) groups is 5. The van der Waals surface area contributed by atoms with Gasteiger partial charge >= 0.3 is 18.0 Å². The van der Waals surface area contributed by atoms with Crippen molar-refractivity contribution < 1.29 is 42.9 Å². The highest BCUT2D eigenvalue weighted by molar-refractivity contribution is 7.99. The molecule has 0 spiro atoms. The van der Waals surface area contributed by atoms with Gasteiger partial charge in [-0.05, 0) is 40.0 Å². The van der Waals surface area contributed by atoms with Gasteiger partial charge in [-0.25, -0.2) is 4.79 Å². The van der Waals surface area contributed by atoms with E-state index in [1.165, 1.54) is 32.5 Å². The minimum atomic E-state index is -0.935. The SMILES string of the molecule is CC[C@H]1O[C@H](SC[C@H](NC(=O)[C@@H](NC(=O)OC(C)(C)C)C(C)C)C(C)=O)[C@H](OC(C)=O)[C@@H](OC(C)=O)[C@@H]1C. The largest absolute Gasteiger partial charge is 0.458 e. The molecule has 38 heavy (non-hydrogen) atoms. The molecule has 11 nitrogen and oxygen atoms in total. The first kappa shape index (κ1) is 33.7. The molecule has 2 amide bonds. The number of hydrogen-bond acceptors (Lipinski definition) is 10. The predicted molar refractivity (Wildman–Crippen MR) is 142 cm³/mol. The normalized spacial score (nSPS) is 25.1. The number of amides is 2. The second kappa shape index (κ2) is 14.7. The summed E-state index contributed by atoms with van der Waals surface area (Å²) in [5.41, 5.74) is -1.49. The van der Waals surface area contributed by atoms with Crippen LogP contribution in [0.5, 0.6) is 0 Å². The average Bonchev–Trinajstić information content (AvgIpc) is 2.76. The fourth-order valence-corrected chi connectivity index (χ4v) is 5.33. The Bertz CT molecular complexity index is 858. The van der Waals surface area contributed by atoms with Crippen molar-refractivity contribution in [1.29, 1.82) is 0 Å². The highest BCUT2D eigenvalue weighted by Gasteiger charge is 2.47. The van der Waals surface area contributed by atoms with E-state index < -0.39 is 59.3 Å². The third-order valence-electron chi connectivity index (χ3n) is 5.87. The zero-order chi connectivity index (χ0) is 29.4. The number of thioether (sulfide) groups is 1. The summed E-state index contributed by atoms with van der Waals surface area (Å²) in [6.45, 7) is 16.4. The summed E-state index contributed by atoms with van der Waals surface area (Å²) in [5, 5.41) is 5.28. The Kier molecular flexibility index (Phi) is 13.0. The van der Waals surface area contributed by atoms with Gasteiger partial charge in [-0.3, -0.25) is 19.2 Å². The Labute approximate surface area is 229 Å². The maximum absolute atomic E-state index is 13.1. The van der Waals surface area contributed by atoms with Gasteiger partial charge in [0.25, 0.3) is 0 Å². The van der Waals surface area contributed by atoms with Crippen LogP contribution >= 0.6 is 11.8 Å². The van der Waals surface area contributed by atoms with Crippen LogP contribution in [0.25, 0.3) is 0 Å². The lowest BCUT2D eigenvalue weighted by molar-refractivity contribution is -0.207. The molecular weight excluding hydrogens is 516 g/mol. The van der Waals surface area contributed by atoms with Gasteiger partial charge in [0, 0.05) is 25.5 Å². The molecule has 0 aromatic heterocycles. The number of esters is 2. The Hall–Kier alpha value is -2.34. The van der Waals surface area contributed by atoms with Crippen molar-refractivity contribution in [2.75, 3.05) is 5.75 Å². The zero-order valence-corrected chi connectivity index (χ0v) is 24.9. The maximum atomic E-state index is 13.1. The highest BCUT2D eigenvalue weighted by Crippen LogP contribution is 2.37. The van der Waals surface area contributed by atoms with Crippen molar-refractivity contribution in [3.05, 3.63) is 0 Å². The Morgan fingerprint density at radius 2 is 1.50 bits per heavy atom. The summed E-state index contributed by atoms with van der Waals surface area (Å²) in [5.74, 6) is -2.34. The van der Waals surface area contributed by atoms with Crippen molar-refractivity contribution >= 4 is 41.5 Å². The summed E-state index contributed by atoms with van der Waals surface area (Å²) in [7, 11) is 0. The molecule has 0 aliphatic carbocycles. The van der Waals surface area contributed by atoms with Crippen LogP contribution in [0.15, 0.2) is 0 Å². The maximum Gasteiger partial charge on any atom is 0.408 e. The van der Waals surface area contributed by atoms with E-state index in [1.54, 1.807) is 34.6 Å². The lowest BCUT2D eigenvalue weighted by Gasteiger charge is -2.44. The molecule has 0 saturated carbocycles. The van der Waals surface area contributed by atoms with Gasteiger partial charge in [0.15, 0.2) is 11.9 Å². The van der Waals surface area contributed by atoms with E-state index in [2.05, 4.69) is 10.6 Å². The van der Waals surface area contributed by atoms with Crippen molar-refractivity contribution in [3.63, 3.8) is 0 Å². The molecule has 0 aromatic rings. The van der Waals surface area contributed by atoms with Gasteiger partial charge in [0.2, 0.25) is 5.91 Å². The quantitative estimate of drug-likeness (QED) is 0.286. The average molecular weight is 561 g/mol. The molecule has 0 unspecified atom stereocenters. The molecule has 218 valence electrons. The molecule has 0 bridgehead atoms. The number of ketones is 1. The standard InChI is InChI=1S/C26H44N2O9S/c1-11-19-14(4)21(34-16(6)30)22(35-17(7)31)24(36-19)38-12-18(15(5)29)27-23(32)20(13(2)3)28-25(33)37-26(8,9)10/h13-14,18-22,24H,11-12H2,1-10H3,(H,27,32)(H,28,33)/t14-,18+,19-,20+,21+,22-,24-/m1/s1. The van der Waals surface area contributed by atoms with Gasteiger partial charge in [-0.15, -0.1) is 11.8 Å². The van der Waals surface area contributed by atoms with Crippen LogP contribution in [0, 0.1) is 11.8 Å². The van der Waals surface area contributed by atoms with Gasteiger partial charge < -0.3 is 29.6 Å². The van der Waals surface area contributed by atoms with Crippen LogP contribution in [0.1, 0.15) is 75.7 Å². The van der Waals surface area contributed by atoms with Crippen molar-refractivity contribution in [1.82, 2.24) is 10.6 Å². The third-order valence-corrected chi connectivity index (χ3v) is 7.10. The highest BCUT2D eigenvalue weighted by atomic mass is 32.2. The lowest BCUT2D eigenvalue weighted by Crippen LogP contribution is -2.56. The van der Waals surface area contributed by atoms with E-state index in [0.717, 1.165) is 0 Å². The molecule has 1 aliphatic heterocycles. The van der Waals surface area contributed by atoms with E-state index in [9.17, 15) is 24.0 Å². The smallest absolute Gasteiger partial charge is 0.408 e. The van der Waals surface area contributed by atoms with Crippen molar-refractivity contribution in [3.8, 4) is 0 Å². The van der Waals surface area contributed by atoms with Gasteiger partial charge in [0.1, 0.15) is 23.2 Å². The summed E-state index contributed by atoms with van der Waals surface area (Å²) >= 11 is 1.18. The van der Waals surface area contributed by atoms with Crippen molar-refractivity contribution in [2.45, 2.75) is 117 Å². The fourth-order valence-electron chi connectivity index (χ4n) is 4.00. The number of Topliss-reactive ketones (excluding diaryl/α,β-unsaturated/α-hetero) is 1. The zero-order valence-electron chi connectivity index (χ0n) is 24.1. The molecule has 12 heteroatoms. The minimum Gasteiger partial charge on any atom is -0.458 e. The summed E-state index contributed by atoms with van der Waals surface area (Å²) < 4.78 is 22.5. The molecule has 1 rings (SSSR count). The molecular formula is C26H44N2O9S. The van der Waals surface area contributed by atoms with E-state index in [-0.39, 0.29) is 29.5 Å². The van der Waals surface area contributed by atoms with Gasteiger partial charge in [0.05, 0.1) is 12.1 Å². The van der Waals surface area contributed by atoms with Crippen LogP contribution in [-0.2, 0) is 38.1 Å². The number of ether oxygens (including phenoxy) is 4.